The second-order valence-corrected chi connectivity index (χ2v) is 7.30. The third-order valence-corrected chi connectivity index (χ3v) is 4.94. The number of carbonyl (C=O) groups is 1. The van der Waals surface area contributed by atoms with Gasteiger partial charge >= 0.3 is 0 Å². The van der Waals surface area contributed by atoms with Crippen molar-refractivity contribution in [2.24, 2.45) is 0 Å². The van der Waals surface area contributed by atoms with Crippen molar-refractivity contribution in [2.75, 3.05) is 0 Å². The summed E-state index contributed by atoms with van der Waals surface area (Å²) in [6.07, 6.45) is 0. The number of halogens is 2. The SMILES string of the molecule is C[C@H](Sc1n[nH]c(-c2ccccc2F)n1)C(=O)N[C@H](C)c1ccc(F)cc1. The number of thioether (sulfide) groups is 1. The number of benzene rings is 2. The van der Waals surface area contributed by atoms with Crippen molar-refractivity contribution >= 4 is 17.7 Å². The van der Waals surface area contributed by atoms with Gasteiger partial charge in [-0.15, -0.1) is 5.10 Å². The molecule has 0 aliphatic rings. The van der Waals surface area contributed by atoms with Crippen LogP contribution in [0.2, 0.25) is 0 Å². The lowest BCUT2D eigenvalue weighted by Gasteiger charge is -2.17. The number of carbonyl (C=O) groups excluding carboxylic acids is 1. The number of nitrogens with zero attached hydrogens (tertiary/aromatic N) is 2. The first-order valence-corrected chi connectivity index (χ1v) is 9.22. The summed E-state index contributed by atoms with van der Waals surface area (Å²) < 4.78 is 26.8. The van der Waals surface area contributed by atoms with Gasteiger partial charge in [0.15, 0.2) is 5.82 Å². The summed E-state index contributed by atoms with van der Waals surface area (Å²) in [6.45, 7) is 3.56. The van der Waals surface area contributed by atoms with Crippen molar-refractivity contribution in [3.63, 3.8) is 0 Å². The van der Waals surface area contributed by atoms with Crippen molar-refractivity contribution < 1.29 is 13.6 Å². The fourth-order valence-electron chi connectivity index (χ4n) is 2.45. The van der Waals surface area contributed by atoms with Gasteiger partial charge in [-0.1, -0.05) is 36.0 Å². The van der Waals surface area contributed by atoms with Crippen LogP contribution in [0.1, 0.15) is 25.5 Å². The molecule has 5 nitrogen and oxygen atoms in total. The topological polar surface area (TPSA) is 70.7 Å². The highest BCUT2D eigenvalue weighted by Gasteiger charge is 2.20. The molecule has 0 saturated carbocycles. The first-order valence-electron chi connectivity index (χ1n) is 8.34. The van der Waals surface area contributed by atoms with E-state index in [1.165, 1.54) is 18.2 Å². The Kier molecular flexibility index (Phi) is 5.85. The Morgan fingerprint density at radius 3 is 2.52 bits per heavy atom. The van der Waals surface area contributed by atoms with Gasteiger partial charge in [-0.25, -0.2) is 13.8 Å². The predicted octanol–water partition coefficient (Wildman–Crippen LogP) is 4.11. The summed E-state index contributed by atoms with van der Waals surface area (Å²) in [6, 6.07) is 12.0. The highest BCUT2D eigenvalue weighted by molar-refractivity contribution is 8.00. The van der Waals surface area contributed by atoms with Gasteiger partial charge in [0.05, 0.1) is 16.9 Å². The zero-order valence-electron chi connectivity index (χ0n) is 14.7. The van der Waals surface area contributed by atoms with Crippen LogP contribution in [-0.2, 0) is 4.79 Å². The van der Waals surface area contributed by atoms with Gasteiger partial charge in [-0.2, -0.15) is 0 Å². The maximum absolute atomic E-state index is 13.8. The Hall–Kier alpha value is -2.74. The van der Waals surface area contributed by atoms with E-state index in [0.717, 1.165) is 17.3 Å². The van der Waals surface area contributed by atoms with Gasteiger partial charge in [0.1, 0.15) is 11.6 Å². The minimum atomic E-state index is -0.461. The van der Waals surface area contributed by atoms with Crippen LogP contribution in [-0.4, -0.2) is 26.3 Å². The molecule has 0 saturated heterocycles. The van der Waals surface area contributed by atoms with E-state index in [0.29, 0.717) is 16.5 Å². The highest BCUT2D eigenvalue weighted by atomic mass is 32.2. The second-order valence-electron chi connectivity index (χ2n) is 5.99. The molecule has 0 aliphatic carbocycles. The third-order valence-electron chi connectivity index (χ3n) is 3.97. The standard InChI is InChI=1S/C19H18F2N4OS/c1-11(13-7-9-14(20)10-8-13)22-18(26)12(2)27-19-23-17(24-25-19)15-5-3-4-6-16(15)21/h3-12H,1-2H3,(H,22,26)(H,23,24,25)/t11-,12+/m1/s1. The van der Waals surface area contributed by atoms with E-state index in [4.69, 9.17) is 0 Å². The molecule has 0 aliphatic heterocycles. The lowest BCUT2D eigenvalue weighted by Crippen LogP contribution is -2.33. The predicted molar refractivity (Wildman–Crippen MR) is 100 cm³/mol. The Bertz CT molecular complexity index is 929. The van der Waals surface area contributed by atoms with E-state index in [2.05, 4.69) is 20.5 Å². The number of hydrogen-bond acceptors (Lipinski definition) is 4. The van der Waals surface area contributed by atoms with Crippen LogP contribution in [0.4, 0.5) is 8.78 Å². The van der Waals surface area contributed by atoms with Crippen molar-refractivity contribution in [3.05, 3.63) is 65.7 Å². The van der Waals surface area contributed by atoms with E-state index in [1.807, 2.05) is 6.92 Å². The van der Waals surface area contributed by atoms with Crippen molar-refractivity contribution in [3.8, 4) is 11.4 Å². The molecule has 2 aromatic carbocycles. The van der Waals surface area contributed by atoms with Crippen LogP contribution < -0.4 is 5.32 Å². The van der Waals surface area contributed by atoms with Crippen molar-refractivity contribution in [1.29, 1.82) is 0 Å². The van der Waals surface area contributed by atoms with Gasteiger partial charge in [0.25, 0.3) is 0 Å². The van der Waals surface area contributed by atoms with Crippen LogP contribution in [0.25, 0.3) is 11.4 Å². The lowest BCUT2D eigenvalue weighted by atomic mass is 10.1. The van der Waals surface area contributed by atoms with E-state index in [1.54, 1.807) is 37.3 Å². The minimum absolute atomic E-state index is 0.200. The fraction of sp³-hybridized carbons (Fsp3) is 0.211. The molecule has 2 atom stereocenters. The Morgan fingerprint density at radius 2 is 1.81 bits per heavy atom. The molecule has 0 spiro atoms. The van der Waals surface area contributed by atoms with E-state index in [9.17, 15) is 13.6 Å². The smallest absolute Gasteiger partial charge is 0.233 e. The largest absolute Gasteiger partial charge is 0.349 e. The summed E-state index contributed by atoms with van der Waals surface area (Å²) in [5.74, 6) is -0.613. The summed E-state index contributed by atoms with van der Waals surface area (Å²) >= 11 is 1.16. The number of hydrogen-bond donors (Lipinski definition) is 2. The average Bonchev–Trinajstić information content (AvgIpc) is 3.10. The van der Waals surface area contributed by atoms with Crippen LogP contribution in [0.5, 0.6) is 0 Å². The van der Waals surface area contributed by atoms with Crippen LogP contribution in [0, 0.1) is 11.6 Å². The summed E-state index contributed by atoms with van der Waals surface area (Å²) in [5, 5.41) is 9.50. The van der Waals surface area contributed by atoms with Gasteiger partial charge in [0, 0.05) is 0 Å². The monoisotopic (exact) mass is 388 g/mol. The molecule has 3 aromatic rings. The lowest BCUT2D eigenvalue weighted by molar-refractivity contribution is -0.120. The molecule has 1 aromatic heterocycles. The first-order chi connectivity index (χ1) is 12.9. The van der Waals surface area contributed by atoms with Gasteiger partial charge < -0.3 is 5.32 Å². The Balaban J connectivity index is 1.61. The number of amides is 1. The highest BCUT2D eigenvalue weighted by Crippen LogP contribution is 2.24. The molecule has 0 unspecified atom stereocenters. The molecule has 0 fully saturated rings. The summed E-state index contributed by atoms with van der Waals surface area (Å²) in [7, 11) is 0. The van der Waals surface area contributed by atoms with Crippen LogP contribution in [0.3, 0.4) is 0 Å². The molecule has 27 heavy (non-hydrogen) atoms. The third kappa shape index (κ3) is 4.71. The molecular weight excluding hydrogens is 370 g/mol. The maximum Gasteiger partial charge on any atom is 0.233 e. The Morgan fingerprint density at radius 1 is 1.11 bits per heavy atom. The fourth-order valence-corrected chi connectivity index (χ4v) is 3.18. The van der Waals surface area contributed by atoms with Gasteiger partial charge in [0.2, 0.25) is 11.1 Å². The minimum Gasteiger partial charge on any atom is -0.349 e. The van der Waals surface area contributed by atoms with Gasteiger partial charge in [-0.05, 0) is 43.7 Å². The molecule has 8 heteroatoms. The molecular formula is C19H18F2N4OS. The quantitative estimate of drug-likeness (QED) is 0.624. The van der Waals surface area contributed by atoms with Gasteiger partial charge in [-0.3, -0.25) is 9.89 Å². The van der Waals surface area contributed by atoms with Crippen molar-refractivity contribution in [2.45, 2.75) is 30.3 Å². The van der Waals surface area contributed by atoms with E-state index >= 15 is 0 Å². The van der Waals surface area contributed by atoms with E-state index < -0.39 is 11.1 Å². The van der Waals surface area contributed by atoms with Crippen LogP contribution >= 0.6 is 11.8 Å². The molecule has 1 amide bonds. The van der Waals surface area contributed by atoms with E-state index in [-0.39, 0.29) is 17.8 Å². The first kappa shape index (κ1) is 19.0. The maximum atomic E-state index is 13.8. The molecule has 0 radical (unpaired) electrons. The number of rotatable bonds is 6. The summed E-state index contributed by atoms with van der Waals surface area (Å²) in [5.41, 5.74) is 1.13. The second kappa shape index (κ2) is 8.30. The Labute approximate surface area is 159 Å². The number of nitrogens with one attached hydrogen (secondary N) is 2. The zero-order chi connectivity index (χ0) is 19.4. The average molecular weight is 388 g/mol. The zero-order valence-corrected chi connectivity index (χ0v) is 15.6. The molecule has 2 N–H and O–H groups in total. The number of H-pyrrole nitrogens is 1. The number of aromatic amines is 1. The van der Waals surface area contributed by atoms with Crippen LogP contribution in [0.15, 0.2) is 53.7 Å². The summed E-state index contributed by atoms with van der Waals surface area (Å²) in [4.78, 5) is 16.6. The number of aromatic nitrogens is 3. The molecule has 3 rings (SSSR count). The molecule has 0 bridgehead atoms. The molecule has 1 heterocycles. The molecule has 140 valence electrons. The van der Waals surface area contributed by atoms with Crippen molar-refractivity contribution in [1.82, 2.24) is 20.5 Å². The normalized spacial score (nSPS) is 13.2.